The molecule has 30 heavy (non-hydrogen) atoms. The molecule has 0 N–H and O–H groups in total. The molecule has 0 aliphatic carbocycles. The molecular weight excluding hydrogens is 397 g/mol. The highest BCUT2D eigenvalue weighted by Crippen LogP contribution is 2.64. The SMILES string of the molecule is O=[N+]([O-])CC(Cc1ccccc1)P1(=O)N(c2ccccc2)CCN1c1ccccc1. The molecule has 7 heteroatoms. The Bertz CT molecular complexity index is 980. The predicted molar refractivity (Wildman–Crippen MR) is 121 cm³/mol. The highest BCUT2D eigenvalue weighted by atomic mass is 31.2. The number of rotatable bonds is 7. The molecule has 0 spiro atoms. The summed E-state index contributed by atoms with van der Waals surface area (Å²) >= 11 is 0. The normalized spacial score (nSPS) is 16.4. The van der Waals surface area contributed by atoms with E-state index in [1.807, 2.05) is 100 Å². The Balaban J connectivity index is 1.81. The lowest BCUT2D eigenvalue weighted by Crippen LogP contribution is -2.34. The van der Waals surface area contributed by atoms with Crippen LogP contribution in [0.4, 0.5) is 11.4 Å². The zero-order valence-electron chi connectivity index (χ0n) is 16.6. The van der Waals surface area contributed by atoms with Gasteiger partial charge in [-0.05, 0) is 36.2 Å². The van der Waals surface area contributed by atoms with Crippen LogP contribution in [0.1, 0.15) is 5.56 Å². The third-order valence-corrected chi connectivity index (χ3v) is 9.02. The first kappa shape index (κ1) is 20.2. The second-order valence-corrected chi connectivity index (χ2v) is 10.2. The van der Waals surface area contributed by atoms with Crippen LogP contribution in [0.3, 0.4) is 0 Å². The van der Waals surface area contributed by atoms with Gasteiger partial charge >= 0.3 is 0 Å². The third-order valence-electron chi connectivity index (χ3n) is 5.47. The van der Waals surface area contributed by atoms with E-state index >= 15 is 0 Å². The van der Waals surface area contributed by atoms with Crippen molar-refractivity contribution in [1.29, 1.82) is 0 Å². The molecule has 1 saturated heterocycles. The highest BCUT2D eigenvalue weighted by molar-refractivity contribution is 7.68. The van der Waals surface area contributed by atoms with Gasteiger partial charge in [0.2, 0.25) is 6.54 Å². The fourth-order valence-corrected chi connectivity index (χ4v) is 7.66. The maximum atomic E-state index is 14.9. The summed E-state index contributed by atoms with van der Waals surface area (Å²) in [5.74, 6) is 0. The highest BCUT2D eigenvalue weighted by Gasteiger charge is 2.51. The Morgan fingerprint density at radius 2 is 1.23 bits per heavy atom. The zero-order chi connectivity index (χ0) is 21.0. The van der Waals surface area contributed by atoms with Crippen molar-refractivity contribution >= 4 is 18.8 Å². The Kier molecular flexibility index (Phi) is 5.86. The molecule has 154 valence electrons. The van der Waals surface area contributed by atoms with Gasteiger partial charge in [0.15, 0.2) is 0 Å². The van der Waals surface area contributed by atoms with Gasteiger partial charge in [0.1, 0.15) is 5.66 Å². The van der Waals surface area contributed by atoms with E-state index in [1.54, 1.807) is 0 Å². The molecule has 1 aliphatic heterocycles. The van der Waals surface area contributed by atoms with Crippen molar-refractivity contribution in [3.63, 3.8) is 0 Å². The van der Waals surface area contributed by atoms with Gasteiger partial charge in [-0.2, -0.15) is 0 Å². The number of hydrogen-bond acceptors (Lipinski definition) is 3. The molecule has 0 bridgehead atoms. The molecule has 0 aromatic heterocycles. The van der Waals surface area contributed by atoms with Crippen LogP contribution < -0.4 is 9.34 Å². The minimum absolute atomic E-state index is 0.335. The molecule has 6 nitrogen and oxygen atoms in total. The molecular formula is C23H24N3O3P. The Labute approximate surface area is 176 Å². The molecule has 0 radical (unpaired) electrons. The number of para-hydroxylation sites is 2. The monoisotopic (exact) mass is 421 g/mol. The van der Waals surface area contributed by atoms with E-state index in [9.17, 15) is 14.7 Å². The molecule has 4 rings (SSSR count). The van der Waals surface area contributed by atoms with Crippen LogP contribution in [0.2, 0.25) is 0 Å². The molecule has 0 saturated carbocycles. The fourth-order valence-electron chi connectivity index (χ4n) is 4.14. The smallest absolute Gasteiger partial charge is 0.273 e. The fraction of sp³-hybridized carbons (Fsp3) is 0.217. The topological polar surface area (TPSA) is 66.7 Å². The lowest BCUT2D eigenvalue weighted by molar-refractivity contribution is -0.479. The van der Waals surface area contributed by atoms with Gasteiger partial charge in [0, 0.05) is 29.4 Å². The van der Waals surface area contributed by atoms with Crippen molar-refractivity contribution in [3.8, 4) is 0 Å². The van der Waals surface area contributed by atoms with Crippen LogP contribution in [0.5, 0.6) is 0 Å². The van der Waals surface area contributed by atoms with Crippen LogP contribution in [-0.2, 0) is 11.0 Å². The second kappa shape index (κ2) is 8.72. The molecule has 1 fully saturated rings. The van der Waals surface area contributed by atoms with Crippen LogP contribution in [0.15, 0.2) is 91.0 Å². The quantitative estimate of drug-likeness (QED) is 0.302. The second-order valence-electron chi connectivity index (χ2n) is 7.37. The predicted octanol–water partition coefficient (Wildman–Crippen LogP) is 5.09. The minimum atomic E-state index is -3.34. The number of anilines is 2. The Morgan fingerprint density at radius 1 is 0.800 bits per heavy atom. The van der Waals surface area contributed by atoms with Crippen LogP contribution in [-0.4, -0.2) is 30.2 Å². The van der Waals surface area contributed by atoms with E-state index in [4.69, 9.17) is 0 Å². The van der Waals surface area contributed by atoms with E-state index < -0.39 is 13.1 Å². The number of nitrogens with zero attached hydrogens (tertiary/aromatic N) is 3. The third kappa shape index (κ3) is 3.96. The summed E-state index contributed by atoms with van der Waals surface area (Å²) in [6.45, 7) is 0.761. The van der Waals surface area contributed by atoms with Crippen molar-refractivity contribution in [2.45, 2.75) is 12.1 Å². The first-order valence-corrected chi connectivity index (χ1v) is 11.7. The van der Waals surface area contributed by atoms with Gasteiger partial charge in [-0.25, -0.2) is 0 Å². The van der Waals surface area contributed by atoms with Gasteiger partial charge < -0.3 is 9.34 Å². The molecule has 0 amide bonds. The first-order valence-electron chi connectivity index (χ1n) is 10.0. The number of nitro groups is 1. The maximum Gasteiger partial charge on any atom is 0.273 e. The molecule has 3 aromatic carbocycles. The van der Waals surface area contributed by atoms with Gasteiger partial charge in [-0.3, -0.25) is 14.7 Å². The lowest BCUT2D eigenvalue weighted by Gasteiger charge is -2.36. The number of hydrogen-bond donors (Lipinski definition) is 0. The van der Waals surface area contributed by atoms with Crippen LogP contribution in [0.25, 0.3) is 0 Å². The van der Waals surface area contributed by atoms with Crippen molar-refractivity contribution in [1.82, 2.24) is 0 Å². The Morgan fingerprint density at radius 3 is 1.67 bits per heavy atom. The van der Waals surface area contributed by atoms with E-state index in [2.05, 4.69) is 0 Å². The lowest BCUT2D eigenvalue weighted by atomic mass is 10.1. The van der Waals surface area contributed by atoms with E-state index in [-0.39, 0.29) is 11.5 Å². The minimum Gasteiger partial charge on any atom is -0.305 e. The average Bonchev–Trinajstić information content (AvgIpc) is 3.13. The average molecular weight is 421 g/mol. The summed E-state index contributed by atoms with van der Waals surface area (Å²) in [4.78, 5) is 11.3. The standard InChI is InChI=1S/C23H24N3O3P/c27-26(28)19-23(18-20-10-4-1-5-11-20)30(29)24(21-12-6-2-7-13-21)16-17-25(30)22-14-8-3-9-15-22/h1-15,23H,16-19H2. The van der Waals surface area contributed by atoms with E-state index in [0.717, 1.165) is 16.9 Å². The maximum absolute atomic E-state index is 14.9. The summed E-state index contributed by atoms with van der Waals surface area (Å²) in [6.07, 6.45) is 0.381. The number of benzene rings is 3. The van der Waals surface area contributed by atoms with Gasteiger partial charge in [0.25, 0.3) is 7.44 Å². The molecule has 3 aromatic rings. The summed E-state index contributed by atoms with van der Waals surface area (Å²) in [6, 6.07) is 28.8. The van der Waals surface area contributed by atoms with E-state index in [0.29, 0.717) is 19.5 Å². The summed E-state index contributed by atoms with van der Waals surface area (Å²) in [7, 11) is -3.34. The first-order chi connectivity index (χ1) is 14.6. The zero-order valence-corrected chi connectivity index (χ0v) is 17.5. The summed E-state index contributed by atoms with van der Waals surface area (Å²) in [5, 5.41) is 11.6. The van der Waals surface area contributed by atoms with Crippen molar-refractivity contribution in [3.05, 3.63) is 107 Å². The van der Waals surface area contributed by atoms with Crippen molar-refractivity contribution in [2.24, 2.45) is 0 Å². The van der Waals surface area contributed by atoms with E-state index in [1.165, 1.54) is 0 Å². The van der Waals surface area contributed by atoms with Gasteiger partial charge in [-0.15, -0.1) is 0 Å². The summed E-state index contributed by atoms with van der Waals surface area (Å²) < 4.78 is 18.7. The molecule has 1 unspecified atom stereocenters. The van der Waals surface area contributed by atoms with Crippen LogP contribution >= 0.6 is 7.44 Å². The van der Waals surface area contributed by atoms with Crippen molar-refractivity contribution < 1.29 is 9.49 Å². The summed E-state index contributed by atoms with van der Waals surface area (Å²) in [5.41, 5.74) is 1.98. The molecule has 1 heterocycles. The van der Waals surface area contributed by atoms with Crippen LogP contribution in [0, 0.1) is 10.1 Å². The van der Waals surface area contributed by atoms with Gasteiger partial charge in [-0.1, -0.05) is 66.7 Å². The molecule has 1 aliphatic rings. The largest absolute Gasteiger partial charge is 0.305 e. The molecule has 1 atom stereocenters. The Hall–Kier alpha value is -3.11. The van der Waals surface area contributed by atoms with Crippen molar-refractivity contribution in [2.75, 3.05) is 29.0 Å². The van der Waals surface area contributed by atoms with Gasteiger partial charge in [0.05, 0.1) is 0 Å².